The molecule has 0 bridgehead atoms. The van der Waals surface area contributed by atoms with Gasteiger partial charge in [0.2, 0.25) is 0 Å². The zero-order valence-corrected chi connectivity index (χ0v) is 16.7. The topological polar surface area (TPSA) is 79.8 Å². The molecule has 1 fully saturated rings. The molecular weight excluding hydrogens is 390 g/mol. The number of carbonyl (C=O) groups is 1. The first-order valence-electron chi connectivity index (χ1n) is 8.67. The highest BCUT2D eigenvalue weighted by Crippen LogP contribution is 2.29. The van der Waals surface area contributed by atoms with Crippen LogP contribution in [-0.4, -0.2) is 80.4 Å². The molecule has 146 valence electrons. The normalized spacial score (nSPS) is 15.9. The summed E-state index contributed by atoms with van der Waals surface area (Å²) in [5, 5.41) is 1.37. The van der Waals surface area contributed by atoms with Crippen molar-refractivity contribution in [1.82, 2.24) is 14.8 Å². The van der Waals surface area contributed by atoms with E-state index in [0.717, 1.165) is 5.39 Å². The van der Waals surface area contributed by atoms with E-state index in [1.807, 2.05) is 6.07 Å². The lowest BCUT2D eigenvalue weighted by atomic mass is 10.2. The molecule has 0 radical (unpaired) electrons. The summed E-state index contributed by atoms with van der Waals surface area (Å²) in [6.07, 6.45) is 2.89. The molecular formula is C18H22ClN3O4S. The van der Waals surface area contributed by atoms with Crippen LogP contribution in [0, 0.1) is 0 Å². The molecule has 0 atom stereocenters. The van der Waals surface area contributed by atoms with Gasteiger partial charge in [-0.25, -0.2) is 8.42 Å². The van der Waals surface area contributed by atoms with Crippen molar-refractivity contribution >= 4 is 38.2 Å². The number of hydrogen-bond acceptors (Lipinski definition) is 6. The van der Waals surface area contributed by atoms with Crippen molar-refractivity contribution in [3.63, 3.8) is 0 Å². The summed E-state index contributed by atoms with van der Waals surface area (Å²) in [4.78, 5) is 20.5. The number of nitrogens with zero attached hydrogens (tertiary/aromatic N) is 3. The Balaban J connectivity index is 1.53. The highest BCUT2D eigenvalue weighted by Gasteiger charge is 2.22. The second kappa shape index (κ2) is 8.41. The van der Waals surface area contributed by atoms with Crippen LogP contribution in [0.15, 0.2) is 30.5 Å². The molecule has 1 aliphatic rings. The van der Waals surface area contributed by atoms with Crippen molar-refractivity contribution in [2.75, 3.05) is 51.3 Å². The van der Waals surface area contributed by atoms with Crippen LogP contribution in [-0.2, 0) is 14.6 Å². The number of sulfone groups is 1. The van der Waals surface area contributed by atoms with Gasteiger partial charge in [0.15, 0.2) is 6.61 Å². The van der Waals surface area contributed by atoms with E-state index in [2.05, 4.69) is 9.88 Å². The first-order chi connectivity index (χ1) is 12.8. The maximum atomic E-state index is 12.4. The number of fused-ring (bicyclic) bond motifs is 1. The van der Waals surface area contributed by atoms with Crippen molar-refractivity contribution in [2.24, 2.45) is 0 Å². The number of ether oxygens (including phenoxy) is 1. The molecule has 2 aromatic rings. The van der Waals surface area contributed by atoms with Gasteiger partial charge in [0.05, 0.1) is 10.8 Å². The first-order valence-corrected chi connectivity index (χ1v) is 11.1. The molecule has 9 heteroatoms. The lowest BCUT2D eigenvalue weighted by molar-refractivity contribution is -0.135. The average molecular weight is 412 g/mol. The lowest BCUT2D eigenvalue weighted by Crippen LogP contribution is -2.50. The van der Waals surface area contributed by atoms with E-state index in [0.29, 0.717) is 49.0 Å². The number of amides is 1. The molecule has 1 aromatic carbocycles. The van der Waals surface area contributed by atoms with Crippen LogP contribution in [0.1, 0.15) is 0 Å². The van der Waals surface area contributed by atoms with Gasteiger partial charge in [0.1, 0.15) is 21.1 Å². The second-order valence-electron chi connectivity index (χ2n) is 6.59. The van der Waals surface area contributed by atoms with E-state index in [9.17, 15) is 13.2 Å². The Morgan fingerprint density at radius 3 is 2.67 bits per heavy atom. The zero-order valence-electron chi connectivity index (χ0n) is 15.1. The molecule has 0 saturated carbocycles. The predicted octanol–water partition coefficient (Wildman–Crippen LogP) is 1.46. The Morgan fingerprint density at radius 1 is 1.22 bits per heavy atom. The Labute approximate surface area is 163 Å². The molecule has 1 aliphatic heterocycles. The smallest absolute Gasteiger partial charge is 0.260 e. The summed E-state index contributed by atoms with van der Waals surface area (Å²) < 4.78 is 28.2. The Bertz CT molecular complexity index is 927. The number of carbonyl (C=O) groups excluding carboxylic acids is 1. The minimum Gasteiger partial charge on any atom is -0.481 e. The number of aromatic nitrogens is 1. The fraction of sp³-hybridized carbons (Fsp3) is 0.444. The van der Waals surface area contributed by atoms with Gasteiger partial charge in [-0.15, -0.1) is 0 Å². The van der Waals surface area contributed by atoms with Crippen molar-refractivity contribution in [3.05, 3.63) is 35.5 Å². The van der Waals surface area contributed by atoms with E-state index < -0.39 is 9.84 Å². The monoisotopic (exact) mass is 411 g/mol. The van der Waals surface area contributed by atoms with Gasteiger partial charge in [-0.2, -0.15) is 0 Å². The minimum absolute atomic E-state index is 0.0728. The molecule has 1 saturated heterocycles. The third-order valence-corrected chi connectivity index (χ3v) is 5.79. The van der Waals surface area contributed by atoms with Crippen molar-refractivity contribution < 1.29 is 17.9 Å². The number of benzene rings is 1. The largest absolute Gasteiger partial charge is 0.481 e. The molecule has 3 rings (SSSR count). The van der Waals surface area contributed by atoms with Crippen LogP contribution in [0.3, 0.4) is 0 Å². The third kappa shape index (κ3) is 5.31. The number of piperazine rings is 1. The van der Waals surface area contributed by atoms with Crippen molar-refractivity contribution in [2.45, 2.75) is 0 Å². The highest BCUT2D eigenvalue weighted by atomic mass is 35.5. The van der Waals surface area contributed by atoms with Gasteiger partial charge >= 0.3 is 0 Å². The van der Waals surface area contributed by atoms with Crippen LogP contribution in [0.2, 0.25) is 5.02 Å². The Hall–Kier alpha value is -1.90. The summed E-state index contributed by atoms with van der Waals surface area (Å²) in [6, 6.07) is 7.10. The van der Waals surface area contributed by atoms with Crippen molar-refractivity contribution in [3.8, 4) is 5.75 Å². The van der Waals surface area contributed by atoms with Gasteiger partial charge in [0.25, 0.3) is 5.91 Å². The predicted molar refractivity (Wildman–Crippen MR) is 105 cm³/mol. The van der Waals surface area contributed by atoms with Gasteiger partial charge in [-0.1, -0.05) is 11.6 Å². The van der Waals surface area contributed by atoms with E-state index in [1.165, 1.54) is 6.26 Å². The van der Waals surface area contributed by atoms with E-state index >= 15 is 0 Å². The fourth-order valence-corrected chi connectivity index (χ4v) is 3.78. The van der Waals surface area contributed by atoms with E-state index in [-0.39, 0.29) is 18.3 Å². The standard InChI is InChI=1S/C18H22ClN3O4S/c1-27(24,25)12-11-21-7-9-22(10-8-21)17(23)13-26-16-5-4-15(19)14-3-2-6-20-18(14)16/h2-6H,7-13H2,1H3. The summed E-state index contributed by atoms with van der Waals surface area (Å²) in [5.41, 5.74) is 0.628. The number of halogens is 1. The molecule has 27 heavy (non-hydrogen) atoms. The number of rotatable bonds is 6. The van der Waals surface area contributed by atoms with Crippen LogP contribution < -0.4 is 4.74 Å². The fourth-order valence-electron chi connectivity index (χ4n) is 2.97. The van der Waals surface area contributed by atoms with E-state index in [1.54, 1.807) is 29.3 Å². The highest BCUT2D eigenvalue weighted by molar-refractivity contribution is 7.90. The van der Waals surface area contributed by atoms with Crippen LogP contribution in [0.25, 0.3) is 10.9 Å². The first kappa shape index (κ1) is 19.9. The SMILES string of the molecule is CS(=O)(=O)CCN1CCN(C(=O)COc2ccc(Cl)c3cccnc23)CC1. The minimum atomic E-state index is -2.97. The summed E-state index contributed by atoms with van der Waals surface area (Å²) in [7, 11) is -2.97. The summed E-state index contributed by atoms with van der Waals surface area (Å²) in [5.74, 6) is 0.563. The average Bonchev–Trinajstić information content (AvgIpc) is 2.66. The quantitative estimate of drug-likeness (QED) is 0.715. The van der Waals surface area contributed by atoms with Gasteiger partial charge in [-0.3, -0.25) is 14.7 Å². The molecule has 1 amide bonds. The number of hydrogen-bond donors (Lipinski definition) is 0. The van der Waals surface area contributed by atoms with Crippen molar-refractivity contribution in [1.29, 1.82) is 0 Å². The second-order valence-corrected chi connectivity index (χ2v) is 9.25. The zero-order chi connectivity index (χ0) is 19.4. The van der Waals surface area contributed by atoms with E-state index in [4.69, 9.17) is 16.3 Å². The maximum absolute atomic E-state index is 12.4. The van der Waals surface area contributed by atoms with Crippen LogP contribution in [0.5, 0.6) is 5.75 Å². The molecule has 2 heterocycles. The maximum Gasteiger partial charge on any atom is 0.260 e. The molecule has 7 nitrogen and oxygen atoms in total. The molecule has 0 spiro atoms. The lowest BCUT2D eigenvalue weighted by Gasteiger charge is -2.34. The van der Waals surface area contributed by atoms with Gasteiger partial charge < -0.3 is 9.64 Å². The third-order valence-electron chi connectivity index (χ3n) is 4.53. The molecule has 1 aromatic heterocycles. The van der Waals surface area contributed by atoms with Gasteiger partial charge in [-0.05, 0) is 24.3 Å². The Morgan fingerprint density at radius 2 is 1.96 bits per heavy atom. The molecule has 0 unspecified atom stereocenters. The van der Waals surface area contributed by atoms with Crippen LogP contribution in [0.4, 0.5) is 0 Å². The number of pyridine rings is 1. The summed E-state index contributed by atoms with van der Waals surface area (Å²) >= 11 is 6.17. The Kier molecular flexibility index (Phi) is 6.18. The van der Waals surface area contributed by atoms with Gasteiger partial charge in [0, 0.05) is 50.6 Å². The molecule has 0 aliphatic carbocycles. The molecule has 0 N–H and O–H groups in total. The van der Waals surface area contributed by atoms with Crippen LogP contribution >= 0.6 is 11.6 Å². The summed E-state index contributed by atoms with van der Waals surface area (Å²) in [6.45, 7) is 2.87.